The smallest absolute Gasteiger partial charge is 0.309 e. The first kappa shape index (κ1) is 18.2. The van der Waals surface area contributed by atoms with Crippen LogP contribution in [0.15, 0.2) is 42.5 Å². The van der Waals surface area contributed by atoms with E-state index in [1.807, 2.05) is 31.0 Å². The molecule has 5 nitrogen and oxygen atoms in total. The van der Waals surface area contributed by atoms with E-state index in [1.54, 1.807) is 0 Å². The Morgan fingerprint density at radius 2 is 1.67 bits per heavy atom. The van der Waals surface area contributed by atoms with Crippen LogP contribution in [0.1, 0.15) is 46.0 Å². The second kappa shape index (κ2) is 5.77. The molecule has 156 valence electrons. The van der Waals surface area contributed by atoms with Crippen molar-refractivity contribution in [1.82, 2.24) is 5.01 Å². The van der Waals surface area contributed by atoms with Crippen molar-refractivity contribution in [3.8, 4) is 0 Å². The predicted molar refractivity (Wildman–Crippen MR) is 115 cm³/mol. The Kier molecular flexibility index (Phi) is 3.51. The minimum absolute atomic E-state index is 0.119. The molecule has 0 aromatic heterocycles. The standard InChI is InChI=1S/C25H28N2O3/c1-24(2)22(28)26(27(24)20-9-5-7-16-6-3-4-8-19(16)20)21-17-10-15-11-18(21)14-25(12-15,13-17)23(29)30/h3-9,15,17-18,21H,10-14H2,1-2H3,(H,29,30)/t15?,17-,18?,21?,25+/m1/s1. The van der Waals surface area contributed by atoms with Gasteiger partial charge < -0.3 is 5.11 Å². The summed E-state index contributed by atoms with van der Waals surface area (Å²) in [6.45, 7) is 4.00. The monoisotopic (exact) mass is 404 g/mol. The third-order valence-electron chi connectivity index (χ3n) is 8.43. The number of anilines is 1. The Balaban J connectivity index is 1.42. The molecule has 1 amide bonds. The summed E-state index contributed by atoms with van der Waals surface area (Å²) < 4.78 is 0. The average molecular weight is 405 g/mol. The number of nitrogens with zero attached hydrogens (tertiary/aromatic N) is 2. The van der Waals surface area contributed by atoms with E-state index in [2.05, 4.69) is 35.3 Å². The number of carboxylic acids is 1. The molecule has 0 radical (unpaired) electrons. The first-order valence-electron chi connectivity index (χ1n) is 11.2. The summed E-state index contributed by atoms with van der Waals surface area (Å²) in [5.74, 6) is 0.610. The number of aliphatic carboxylic acids is 1. The summed E-state index contributed by atoms with van der Waals surface area (Å²) in [6, 6.07) is 14.7. The Morgan fingerprint density at radius 3 is 2.37 bits per heavy atom. The molecule has 5 fully saturated rings. The number of carbonyl (C=O) groups is 2. The quantitative estimate of drug-likeness (QED) is 0.820. The van der Waals surface area contributed by atoms with E-state index in [0.29, 0.717) is 18.8 Å². The number of amides is 1. The zero-order chi connectivity index (χ0) is 20.8. The molecular weight excluding hydrogens is 376 g/mol. The van der Waals surface area contributed by atoms with Crippen LogP contribution in [0.2, 0.25) is 0 Å². The number of hydrazine groups is 1. The molecule has 1 aliphatic heterocycles. The van der Waals surface area contributed by atoms with Crippen molar-refractivity contribution in [2.45, 2.75) is 57.5 Å². The topological polar surface area (TPSA) is 60.9 Å². The molecule has 2 aromatic rings. The highest BCUT2D eigenvalue weighted by atomic mass is 16.4. The molecule has 4 saturated carbocycles. The minimum Gasteiger partial charge on any atom is -0.481 e. The number of carboxylic acid groups (broad SMARTS) is 1. The van der Waals surface area contributed by atoms with Gasteiger partial charge in [0.05, 0.1) is 17.1 Å². The first-order valence-corrected chi connectivity index (χ1v) is 11.2. The Morgan fingerprint density at radius 1 is 1.00 bits per heavy atom. The lowest BCUT2D eigenvalue weighted by Crippen LogP contribution is -2.80. The lowest BCUT2D eigenvalue weighted by Gasteiger charge is -2.67. The average Bonchev–Trinajstić information content (AvgIpc) is 2.71. The Hall–Kier alpha value is -2.56. The number of hydrogen-bond donors (Lipinski definition) is 1. The summed E-state index contributed by atoms with van der Waals surface area (Å²) in [7, 11) is 0. The van der Waals surface area contributed by atoms with Crippen LogP contribution in [-0.4, -0.2) is 33.6 Å². The second-order valence-corrected chi connectivity index (χ2v) is 10.6. The Bertz CT molecular complexity index is 1060. The third kappa shape index (κ3) is 2.18. The molecule has 4 aliphatic carbocycles. The molecule has 4 bridgehead atoms. The molecule has 1 heterocycles. The van der Waals surface area contributed by atoms with Gasteiger partial charge in [-0.05, 0) is 75.2 Å². The van der Waals surface area contributed by atoms with Crippen LogP contribution in [-0.2, 0) is 9.59 Å². The second-order valence-electron chi connectivity index (χ2n) is 10.6. The van der Waals surface area contributed by atoms with Crippen LogP contribution in [0.4, 0.5) is 5.69 Å². The van der Waals surface area contributed by atoms with Crippen molar-refractivity contribution in [2.75, 3.05) is 5.01 Å². The van der Waals surface area contributed by atoms with Crippen molar-refractivity contribution < 1.29 is 14.7 Å². The normalized spacial score (nSPS) is 36.3. The van der Waals surface area contributed by atoms with E-state index in [-0.39, 0.29) is 23.8 Å². The van der Waals surface area contributed by atoms with Gasteiger partial charge in [-0.3, -0.25) is 14.6 Å². The summed E-state index contributed by atoms with van der Waals surface area (Å²) in [4.78, 5) is 25.5. The van der Waals surface area contributed by atoms with E-state index < -0.39 is 16.9 Å². The van der Waals surface area contributed by atoms with E-state index >= 15 is 0 Å². The lowest BCUT2D eigenvalue weighted by molar-refractivity contribution is -0.187. The van der Waals surface area contributed by atoms with Crippen LogP contribution < -0.4 is 5.01 Å². The van der Waals surface area contributed by atoms with Crippen molar-refractivity contribution in [3.05, 3.63) is 42.5 Å². The highest BCUT2D eigenvalue weighted by molar-refractivity contribution is 6.03. The summed E-state index contributed by atoms with van der Waals surface area (Å²) in [5, 5.41) is 16.5. The molecule has 5 atom stereocenters. The van der Waals surface area contributed by atoms with E-state index in [1.165, 1.54) is 5.39 Å². The molecule has 30 heavy (non-hydrogen) atoms. The molecule has 2 aromatic carbocycles. The maximum atomic E-state index is 13.4. The minimum atomic E-state index is -0.624. The zero-order valence-corrected chi connectivity index (χ0v) is 17.5. The summed E-state index contributed by atoms with van der Waals surface area (Å²) in [5.41, 5.74) is -0.0799. The molecular formula is C25H28N2O3. The number of benzene rings is 2. The van der Waals surface area contributed by atoms with Gasteiger partial charge in [-0.15, -0.1) is 0 Å². The molecule has 1 N–H and O–H groups in total. The molecule has 5 heteroatoms. The highest BCUT2D eigenvalue weighted by Crippen LogP contribution is 2.62. The van der Waals surface area contributed by atoms with Crippen LogP contribution in [0, 0.1) is 23.2 Å². The van der Waals surface area contributed by atoms with Gasteiger partial charge in [0.1, 0.15) is 5.54 Å². The van der Waals surface area contributed by atoms with Crippen molar-refractivity contribution >= 4 is 28.3 Å². The van der Waals surface area contributed by atoms with E-state index in [0.717, 1.165) is 30.3 Å². The number of fused-ring (bicyclic) bond motifs is 1. The maximum Gasteiger partial charge on any atom is 0.309 e. The van der Waals surface area contributed by atoms with Crippen LogP contribution in [0.3, 0.4) is 0 Å². The number of rotatable bonds is 3. The molecule has 1 saturated heterocycles. The fourth-order valence-electron chi connectivity index (χ4n) is 7.42. The molecule has 0 spiro atoms. The zero-order valence-electron chi connectivity index (χ0n) is 17.5. The highest BCUT2D eigenvalue weighted by Gasteiger charge is 2.65. The SMILES string of the molecule is CC1(C)C(=O)N(C2C3CC4C[C@@H]2C[C@@](C(=O)O)(C4)C3)N1c1cccc2ccccc12. The Labute approximate surface area is 176 Å². The fourth-order valence-corrected chi connectivity index (χ4v) is 7.42. The maximum absolute atomic E-state index is 13.4. The number of carbonyl (C=O) groups excluding carboxylic acids is 1. The van der Waals surface area contributed by atoms with Crippen molar-refractivity contribution in [3.63, 3.8) is 0 Å². The van der Waals surface area contributed by atoms with E-state index in [4.69, 9.17) is 0 Å². The molecule has 7 rings (SSSR count). The van der Waals surface area contributed by atoms with Crippen LogP contribution in [0.5, 0.6) is 0 Å². The van der Waals surface area contributed by atoms with Gasteiger partial charge in [0.25, 0.3) is 5.91 Å². The van der Waals surface area contributed by atoms with Crippen LogP contribution in [0.25, 0.3) is 10.8 Å². The van der Waals surface area contributed by atoms with Gasteiger partial charge in [0.2, 0.25) is 0 Å². The number of hydrogen-bond acceptors (Lipinski definition) is 3. The predicted octanol–water partition coefficient (Wildman–Crippen LogP) is 4.46. The van der Waals surface area contributed by atoms with Gasteiger partial charge in [-0.1, -0.05) is 36.4 Å². The fraction of sp³-hybridized carbons (Fsp3) is 0.520. The van der Waals surface area contributed by atoms with Crippen LogP contribution >= 0.6 is 0 Å². The van der Waals surface area contributed by atoms with Gasteiger partial charge in [0, 0.05) is 5.39 Å². The van der Waals surface area contributed by atoms with Crippen molar-refractivity contribution in [2.24, 2.45) is 23.2 Å². The molecule has 3 unspecified atom stereocenters. The van der Waals surface area contributed by atoms with Gasteiger partial charge in [0.15, 0.2) is 0 Å². The van der Waals surface area contributed by atoms with Crippen molar-refractivity contribution in [1.29, 1.82) is 0 Å². The lowest BCUT2D eigenvalue weighted by atomic mass is 9.47. The summed E-state index contributed by atoms with van der Waals surface area (Å²) in [6.07, 6.45) is 4.38. The van der Waals surface area contributed by atoms with Gasteiger partial charge in [-0.25, -0.2) is 5.01 Å². The van der Waals surface area contributed by atoms with E-state index in [9.17, 15) is 14.7 Å². The summed E-state index contributed by atoms with van der Waals surface area (Å²) >= 11 is 0. The third-order valence-corrected chi connectivity index (χ3v) is 8.43. The van der Waals surface area contributed by atoms with Gasteiger partial charge >= 0.3 is 5.97 Å². The molecule has 5 aliphatic rings. The van der Waals surface area contributed by atoms with Gasteiger partial charge in [-0.2, -0.15) is 0 Å². The first-order chi connectivity index (χ1) is 14.3. The largest absolute Gasteiger partial charge is 0.481 e.